The van der Waals surface area contributed by atoms with Gasteiger partial charge in [-0.05, 0) is 54.7 Å². The molecule has 228 valence electrons. The lowest BCUT2D eigenvalue weighted by atomic mass is 10.0. The Hall–Kier alpha value is -4.21. The molecule has 2 amide bonds. The first-order chi connectivity index (χ1) is 20.4. The maximum Gasteiger partial charge on any atom is 0.416 e. The Morgan fingerprint density at radius 2 is 1.53 bits per heavy atom. The summed E-state index contributed by atoms with van der Waals surface area (Å²) in [7, 11) is 0. The molecule has 1 aromatic heterocycles. The van der Waals surface area contributed by atoms with E-state index in [1.165, 1.54) is 4.90 Å². The van der Waals surface area contributed by atoms with Crippen LogP contribution in [0.5, 0.6) is 0 Å². The van der Waals surface area contributed by atoms with Crippen LogP contribution >= 0.6 is 0 Å². The third-order valence-electron chi connectivity index (χ3n) is 7.12. The summed E-state index contributed by atoms with van der Waals surface area (Å²) in [5.41, 5.74) is 0.142. The Bertz CT molecular complexity index is 1510. The molecule has 0 fully saturated rings. The van der Waals surface area contributed by atoms with E-state index in [2.05, 4.69) is 17.2 Å². The normalized spacial score (nSPS) is 12.5. The van der Waals surface area contributed by atoms with Crippen LogP contribution in [0.3, 0.4) is 0 Å². The van der Waals surface area contributed by atoms with Gasteiger partial charge in [-0.3, -0.25) is 0 Å². The van der Waals surface area contributed by atoms with Gasteiger partial charge in [0.1, 0.15) is 0 Å². The first-order valence-corrected chi connectivity index (χ1v) is 14.1. The van der Waals surface area contributed by atoms with E-state index in [9.17, 15) is 31.1 Å². The van der Waals surface area contributed by atoms with Gasteiger partial charge in [0.15, 0.2) is 0 Å². The number of hydrogen-bond donors (Lipinski definition) is 2. The number of nitrogens with one attached hydrogen (secondary N) is 2. The fraction of sp³-hybridized carbons (Fsp3) is 0.303. The van der Waals surface area contributed by atoms with Crippen molar-refractivity contribution in [3.05, 3.63) is 107 Å². The lowest BCUT2D eigenvalue weighted by Crippen LogP contribution is -2.38. The number of amides is 2. The van der Waals surface area contributed by atoms with Crippen LogP contribution in [0.15, 0.2) is 84.6 Å². The first kappa shape index (κ1) is 31.7. The Balaban J connectivity index is 1.66. The molecular formula is C33H33F6N3O. The first-order valence-electron chi connectivity index (χ1n) is 14.1. The molecular weight excluding hydrogens is 568 g/mol. The zero-order valence-corrected chi connectivity index (χ0v) is 23.7. The molecule has 10 heteroatoms. The number of hydrogen-bond acceptors (Lipinski definition) is 1. The Morgan fingerprint density at radius 3 is 2.19 bits per heavy atom. The van der Waals surface area contributed by atoms with Crippen molar-refractivity contribution in [2.75, 3.05) is 18.4 Å². The van der Waals surface area contributed by atoms with E-state index in [1.54, 1.807) is 0 Å². The molecule has 4 rings (SSSR count). The monoisotopic (exact) mass is 601 g/mol. The standard InChI is InChI=1S/C33H33F6N3O/c1-2-3-5-12-24(17-23-10-6-4-7-11-23)22-42(16-15-25-21-40-30-14-9-8-13-29(25)30)31(43)41-28-19-26(32(34,35)36)18-27(20-28)33(37,38)39/h4,6-11,13-14,17-21,40H,2-3,5,12,15-16,22H2,1H3,(H,41,43). The van der Waals surface area contributed by atoms with E-state index in [0.717, 1.165) is 46.9 Å². The summed E-state index contributed by atoms with van der Waals surface area (Å²) in [5, 5.41) is 3.29. The van der Waals surface area contributed by atoms with Gasteiger partial charge >= 0.3 is 18.4 Å². The maximum atomic E-state index is 13.6. The fourth-order valence-corrected chi connectivity index (χ4v) is 4.90. The Labute approximate surface area is 246 Å². The van der Waals surface area contributed by atoms with Crippen LogP contribution in [0.2, 0.25) is 0 Å². The quantitative estimate of drug-likeness (QED) is 0.130. The molecule has 43 heavy (non-hydrogen) atoms. The summed E-state index contributed by atoms with van der Waals surface area (Å²) < 4.78 is 80.8. The molecule has 0 atom stereocenters. The van der Waals surface area contributed by atoms with Crippen molar-refractivity contribution in [1.29, 1.82) is 0 Å². The van der Waals surface area contributed by atoms with E-state index >= 15 is 0 Å². The summed E-state index contributed by atoms with van der Waals surface area (Å²) >= 11 is 0. The Kier molecular flexibility index (Phi) is 10.2. The molecule has 0 unspecified atom stereocenters. The van der Waals surface area contributed by atoms with Crippen LogP contribution < -0.4 is 5.32 Å². The zero-order valence-electron chi connectivity index (χ0n) is 23.7. The summed E-state index contributed by atoms with van der Waals surface area (Å²) in [6.45, 7) is 2.41. The van der Waals surface area contributed by atoms with E-state index in [4.69, 9.17) is 0 Å². The Morgan fingerprint density at radius 1 is 0.884 bits per heavy atom. The number of rotatable bonds is 11. The number of anilines is 1. The van der Waals surface area contributed by atoms with Gasteiger partial charge in [0.05, 0.1) is 11.1 Å². The smallest absolute Gasteiger partial charge is 0.361 e. The van der Waals surface area contributed by atoms with Crippen molar-refractivity contribution < 1.29 is 31.1 Å². The van der Waals surface area contributed by atoms with Crippen LogP contribution in [-0.2, 0) is 18.8 Å². The second-order valence-electron chi connectivity index (χ2n) is 10.4. The number of carbonyl (C=O) groups is 1. The molecule has 2 N–H and O–H groups in total. The number of carbonyl (C=O) groups excluding carboxylic acids is 1. The van der Waals surface area contributed by atoms with E-state index in [1.807, 2.05) is 66.9 Å². The predicted octanol–water partition coefficient (Wildman–Crippen LogP) is 9.95. The van der Waals surface area contributed by atoms with Crippen molar-refractivity contribution >= 4 is 28.7 Å². The highest BCUT2D eigenvalue weighted by Crippen LogP contribution is 2.37. The van der Waals surface area contributed by atoms with Crippen LogP contribution in [0.1, 0.15) is 54.9 Å². The minimum absolute atomic E-state index is 0.0405. The second-order valence-corrected chi connectivity index (χ2v) is 10.4. The molecule has 0 aliphatic rings. The number of halogens is 6. The van der Waals surface area contributed by atoms with Crippen LogP contribution in [0.25, 0.3) is 17.0 Å². The van der Waals surface area contributed by atoms with Gasteiger partial charge in [-0.15, -0.1) is 0 Å². The molecule has 4 aromatic rings. The van der Waals surface area contributed by atoms with Gasteiger partial charge in [-0.25, -0.2) is 4.79 Å². The summed E-state index contributed by atoms with van der Waals surface area (Å²) in [5.74, 6) is 0. The highest BCUT2D eigenvalue weighted by atomic mass is 19.4. The van der Waals surface area contributed by atoms with Gasteiger partial charge in [-0.1, -0.05) is 79.9 Å². The van der Waals surface area contributed by atoms with Crippen molar-refractivity contribution in [1.82, 2.24) is 9.88 Å². The molecule has 0 saturated heterocycles. The van der Waals surface area contributed by atoms with Crippen LogP contribution in [0, 0.1) is 0 Å². The number of urea groups is 1. The largest absolute Gasteiger partial charge is 0.416 e. The highest BCUT2D eigenvalue weighted by molar-refractivity contribution is 5.90. The molecule has 0 spiro atoms. The second kappa shape index (κ2) is 13.8. The summed E-state index contributed by atoms with van der Waals surface area (Å²) in [6.07, 6.45) is -2.31. The van der Waals surface area contributed by atoms with Crippen molar-refractivity contribution in [3.8, 4) is 0 Å². The number of H-pyrrole nitrogens is 1. The van der Waals surface area contributed by atoms with Crippen LogP contribution in [-0.4, -0.2) is 29.0 Å². The lowest BCUT2D eigenvalue weighted by molar-refractivity contribution is -0.143. The molecule has 0 aliphatic carbocycles. The highest BCUT2D eigenvalue weighted by Gasteiger charge is 2.37. The number of fused-ring (bicyclic) bond motifs is 1. The molecule has 4 nitrogen and oxygen atoms in total. The molecule has 3 aromatic carbocycles. The number of nitrogens with zero attached hydrogens (tertiary/aromatic N) is 1. The van der Waals surface area contributed by atoms with Gasteiger partial charge in [0.25, 0.3) is 0 Å². The SMILES string of the molecule is CCCCCC(=Cc1ccccc1)CN(CCc1c[nH]c2ccccc12)C(=O)Nc1cc(C(F)(F)F)cc(C(F)(F)F)c1. The third kappa shape index (κ3) is 8.89. The average molecular weight is 602 g/mol. The van der Waals surface area contributed by atoms with Crippen molar-refractivity contribution in [2.45, 2.75) is 51.4 Å². The fourth-order valence-electron chi connectivity index (χ4n) is 4.90. The number of para-hydroxylation sites is 1. The van der Waals surface area contributed by atoms with Crippen molar-refractivity contribution in [3.63, 3.8) is 0 Å². The average Bonchev–Trinajstić information content (AvgIpc) is 3.37. The number of benzene rings is 3. The third-order valence-corrected chi connectivity index (χ3v) is 7.12. The van der Waals surface area contributed by atoms with Crippen LogP contribution in [0.4, 0.5) is 36.8 Å². The molecule has 0 aliphatic heterocycles. The van der Waals surface area contributed by atoms with Crippen molar-refractivity contribution in [2.24, 2.45) is 0 Å². The number of aromatic amines is 1. The molecule has 0 bridgehead atoms. The number of aromatic nitrogens is 1. The number of unbranched alkanes of at least 4 members (excludes halogenated alkanes) is 2. The number of alkyl halides is 6. The minimum Gasteiger partial charge on any atom is -0.361 e. The van der Waals surface area contributed by atoms with E-state index < -0.39 is 35.2 Å². The van der Waals surface area contributed by atoms with Gasteiger partial charge < -0.3 is 15.2 Å². The van der Waals surface area contributed by atoms with Gasteiger partial charge in [0.2, 0.25) is 0 Å². The molecule has 0 saturated carbocycles. The van der Waals surface area contributed by atoms with E-state index in [-0.39, 0.29) is 19.2 Å². The van der Waals surface area contributed by atoms with E-state index in [0.29, 0.717) is 25.0 Å². The summed E-state index contributed by atoms with van der Waals surface area (Å²) in [6, 6.07) is 17.5. The topological polar surface area (TPSA) is 48.1 Å². The molecule has 0 radical (unpaired) electrons. The van der Waals surface area contributed by atoms with Gasteiger partial charge in [0, 0.05) is 35.9 Å². The van der Waals surface area contributed by atoms with Gasteiger partial charge in [-0.2, -0.15) is 26.3 Å². The minimum atomic E-state index is -5.03. The predicted molar refractivity (Wildman–Crippen MR) is 158 cm³/mol. The summed E-state index contributed by atoms with van der Waals surface area (Å²) in [4.78, 5) is 18.2. The maximum absolute atomic E-state index is 13.6. The zero-order chi connectivity index (χ0) is 31.0. The lowest BCUT2D eigenvalue weighted by Gasteiger charge is -2.25. The molecule has 1 heterocycles.